The second kappa shape index (κ2) is 7.53. The average Bonchev–Trinajstić information content (AvgIpc) is 2.59. The molecular weight excluding hydrogens is 372 g/mol. The highest BCUT2D eigenvalue weighted by atomic mass is 79.9. The number of halogens is 1. The van der Waals surface area contributed by atoms with E-state index in [9.17, 15) is 4.79 Å². The van der Waals surface area contributed by atoms with Crippen molar-refractivity contribution in [2.75, 3.05) is 13.2 Å². The first-order valence-electron chi connectivity index (χ1n) is 7.73. The van der Waals surface area contributed by atoms with Crippen LogP contribution in [0.2, 0.25) is 0 Å². The van der Waals surface area contributed by atoms with Crippen molar-refractivity contribution >= 4 is 26.9 Å². The fourth-order valence-electron chi connectivity index (χ4n) is 2.44. The van der Waals surface area contributed by atoms with Crippen molar-refractivity contribution in [3.63, 3.8) is 0 Å². The minimum absolute atomic E-state index is 0.338. The predicted octanol–water partition coefficient (Wildman–Crippen LogP) is 4.58. The number of aryl methyl sites for hydroxylation is 1. The molecule has 0 aliphatic heterocycles. The first-order chi connectivity index (χ1) is 11.7. The zero-order valence-corrected chi connectivity index (χ0v) is 14.8. The van der Waals surface area contributed by atoms with Crippen LogP contribution >= 0.6 is 15.9 Å². The van der Waals surface area contributed by atoms with Gasteiger partial charge >= 0.3 is 5.63 Å². The van der Waals surface area contributed by atoms with Crippen molar-refractivity contribution in [2.24, 2.45) is 0 Å². The third-order valence-electron chi connectivity index (χ3n) is 3.62. The van der Waals surface area contributed by atoms with Gasteiger partial charge in [0.2, 0.25) is 0 Å². The molecule has 2 aromatic carbocycles. The zero-order chi connectivity index (χ0) is 16.9. The molecule has 4 nitrogen and oxygen atoms in total. The molecule has 1 aromatic heterocycles. The Bertz CT molecular complexity index is 884. The van der Waals surface area contributed by atoms with Crippen molar-refractivity contribution in [1.29, 1.82) is 0 Å². The van der Waals surface area contributed by atoms with Crippen LogP contribution in [0.5, 0.6) is 11.5 Å². The van der Waals surface area contributed by atoms with Crippen molar-refractivity contribution in [3.8, 4) is 11.5 Å². The summed E-state index contributed by atoms with van der Waals surface area (Å²) < 4.78 is 17.6. The Morgan fingerprint density at radius 1 is 0.958 bits per heavy atom. The van der Waals surface area contributed by atoms with E-state index in [1.807, 2.05) is 43.3 Å². The monoisotopic (exact) mass is 388 g/mol. The maximum absolute atomic E-state index is 11.6. The Labute approximate surface area is 148 Å². The van der Waals surface area contributed by atoms with Gasteiger partial charge in [0.25, 0.3) is 0 Å². The quantitative estimate of drug-likeness (QED) is 0.458. The maximum Gasteiger partial charge on any atom is 0.336 e. The van der Waals surface area contributed by atoms with E-state index in [4.69, 9.17) is 13.9 Å². The lowest BCUT2D eigenvalue weighted by atomic mass is 10.1. The summed E-state index contributed by atoms with van der Waals surface area (Å²) in [5.41, 5.74) is 1.19. The molecule has 0 spiro atoms. The molecule has 0 aliphatic rings. The zero-order valence-electron chi connectivity index (χ0n) is 13.3. The van der Waals surface area contributed by atoms with Gasteiger partial charge in [-0.2, -0.15) is 0 Å². The van der Waals surface area contributed by atoms with Crippen LogP contribution in [0.3, 0.4) is 0 Å². The van der Waals surface area contributed by atoms with Crippen molar-refractivity contribution in [2.45, 2.75) is 13.3 Å². The second-order valence-electron chi connectivity index (χ2n) is 5.25. The first-order valence-corrected chi connectivity index (χ1v) is 8.53. The summed E-state index contributed by atoms with van der Waals surface area (Å²) in [4.78, 5) is 11.6. The average molecular weight is 389 g/mol. The normalized spacial score (nSPS) is 10.8. The van der Waals surface area contributed by atoms with E-state index in [-0.39, 0.29) is 5.63 Å². The minimum atomic E-state index is -0.338. The number of hydrogen-bond acceptors (Lipinski definition) is 4. The number of ether oxygens (including phenoxy) is 2. The second-order valence-corrected chi connectivity index (χ2v) is 6.17. The van der Waals surface area contributed by atoms with Gasteiger partial charge in [-0.15, -0.1) is 0 Å². The van der Waals surface area contributed by atoms with E-state index in [1.54, 1.807) is 6.07 Å². The maximum atomic E-state index is 11.6. The Morgan fingerprint density at radius 2 is 1.62 bits per heavy atom. The van der Waals surface area contributed by atoms with E-state index in [1.165, 1.54) is 6.07 Å². The summed E-state index contributed by atoms with van der Waals surface area (Å²) in [5.74, 6) is 1.44. The van der Waals surface area contributed by atoms with Gasteiger partial charge in [0.05, 0.1) is 0 Å². The summed E-state index contributed by atoms with van der Waals surface area (Å²) in [6, 6.07) is 14.7. The van der Waals surface area contributed by atoms with Crippen LogP contribution in [0.25, 0.3) is 11.0 Å². The molecule has 24 heavy (non-hydrogen) atoms. The van der Waals surface area contributed by atoms with Crippen molar-refractivity contribution < 1.29 is 13.9 Å². The first kappa shape index (κ1) is 16.6. The third kappa shape index (κ3) is 3.97. The summed E-state index contributed by atoms with van der Waals surface area (Å²) >= 11 is 3.38. The highest BCUT2D eigenvalue weighted by molar-refractivity contribution is 9.10. The Morgan fingerprint density at radius 3 is 2.33 bits per heavy atom. The van der Waals surface area contributed by atoms with E-state index in [2.05, 4.69) is 15.9 Å². The largest absolute Gasteiger partial charge is 0.490 e. The number of fused-ring (bicyclic) bond motifs is 1. The summed E-state index contributed by atoms with van der Waals surface area (Å²) in [5, 5.41) is 0.940. The molecule has 1 heterocycles. The fraction of sp³-hybridized carbons (Fsp3) is 0.211. The smallest absolute Gasteiger partial charge is 0.336 e. The Kier molecular flexibility index (Phi) is 5.20. The van der Waals surface area contributed by atoms with Gasteiger partial charge in [-0.3, -0.25) is 0 Å². The van der Waals surface area contributed by atoms with Crippen LogP contribution < -0.4 is 15.1 Å². The Balaban J connectivity index is 1.63. The standard InChI is InChI=1S/C19H17BrO4/c1-2-13-11-19(21)24-18-12-16(7-8-17(13)18)23-10-9-22-15-5-3-14(20)4-6-15/h3-8,11-12H,2,9-10H2,1H3. The third-order valence-corrected chi connectivity index (χ3v) is 4.15. The number of rotatable bonds is 6. The molecular formula is C19H17BrO4. The summed E-state index contributed by atoms with van der Waals surface area (Å²) in [7, 11) is 0. The molecule has 0 bridgehead atoms. The van der Waals surface area contributed by atoms with E-state index >= 15 is 0 Å². The van der Waals surface area contributed by atoms with Gasteiger partial charge in [0.1, 0.15) is 30.3 Å². The van der Waals surface area contributed by atoms with Crippen molar-refractivity contribution in [1.82, 2.24) is 0 Å². The van der Waals surface area contributed by atoms with Crippen molar-refractivity contribution in [3.05, 3.63) is 69.0 Å². The summed E-state index contributed by atoms with van der Waals surface area (Å²) in [6.45, 7) is 2.84. The lowest BCUT2D eigenvalue weighted by molar-refractivity contribution is 0.217. The van der Waals surface area contributed by atoms with Gasteiger partial charge < -0.3 is 13.9 Å². The highest BCUT2D eigenvalue weighted by Crippen LogP contribution is 2.23. The topological polar surface area (TPSA) is 48.7 Å². The van der Waals surface area contributed by atoms with Crippen LogP contribution in [0.15, 0.2) is 62.2 Å². The van der Waals surface area contributed by atoms with Gasteiger partial charge in [-0.05, 0) is 48.4 Å². The molecule has 0 amide bonds. The van der Waals surface area contributed by atoms with E-state index in [0.717, 1.165) is 27.6 Å². The molecule has 5 heteroatoms. The van der Waals surface area contributed by atoms with Crippen LogP contribution in [-0.4, -0.2) is 13.2 Å². The number of hydrogen-bond donors (Lipinski definition) is 0. The van der Waals surface area contributed by atoms with Crippen LogP contribution in [0.4, 0.5) is 0 Å². The lowest BCUT2D eigenvalue weighted by Crippen LogP contribution is -2.09. The fourth-order valence-corrected chi connectivity index (χ4v) is 2.71. The number of benzene rings is 2. The molecule has 3 aromatic rings. The molecule has 0 aliphatic carbocycles. The molecule has 0 radical (unpaired) electrons. The Hall–Kier alpha value is -2.27. The molecule has 0 unspecified atom stereocenters. The molecule has 0 atom stereocenters. The molecule has 0 saturated carbocycles. The van der Waals surface area contributed by atoms with E-state index < -0.39 is 0 Å². The molecule has 0 saturated heterocycles. The van der Waals surface area contributed by atoms with Gasteiger partial charge in [0, 0.05) is 22.0 Å². The van der Waals surface area contributed by atoms with Crippen LogP contribution in [0, 0.1) is 0 Å². The summed E-state index contributed by atoms with van der Waals surface area (Å²) in [6.07, 6.45) is 0.781. The molecule has 3 rings (SSSR count). The SMILES string of the molecule is CCc1cc(=O)oc2cc(OCCOc3ccc(Br)cc3)ccc12. The van der Waals surface area contributed by atoms with Gasteiger partial charge in [0.15, 0.2) is 0 Å². The minimum Gasteiger partial charge on any atom is -0.490 e. The highest BCUT2D eigenvalue weighted by Gasteiger charge is 2.06. The molecule has 0 N–H and O–H groups in total. The molecule has 124 valence electrons. The predicted molar refractivity (Wildman–Crippen MR) is 97.0 cm³/mol. The van der Waals surface area contributed by atoms with Crippen LogP contribution in [-0.2, 0) is 6.42 Å². The van der Waals surface area contributed by atoms with E-state index in [0.29, 0.717) is 24.5 Å². The van der Waals surface area contributed by atoms with Crippen LogP contribution in [0.1, 0.15) is 12.5 Å². The van der Waals surface area contributed by atoms with Gasteiger partial charge in [-0.25, -0.2) is 4.79 Å². The lowest BCUT2D eigenvalue weighted by Gasteiger charge is -2.09. The van der Waals surface area contributed by atoms with Gasteiger partial charge in [-0.1, -0.05) is 22.9 Å². The molecule has 0 fully saturated rings.